The van der Waals surface area contributed by atoms with Crippen LogP contribution in [0.15, 0.2) is 83.3 Å². The molecule has 3 rings (SSSR count). The summed E-state index contributed by atoms with van der Waals surface area (Å²) in [6.07, 6.45) is 0.624. The van der Waals surface area contributed by atoms with Gasteiger partial charge in [-0.05, 0) is 41.0 Å². The summed E-state index contributed by atoms with van der Waals surface area (Å²) in [5.41, 5.74) is 2.80. The van der Waals surface area contributed by atoms with Crippen molar-refractivity contribution >= 4 is 39.3 Å². The molecule has 3 aromatic carbocycles. The molecule has 0 aromatic heterocycles. The number of rotatable bonds is 8. The fourth-order valence-electron chi connectivity index (χ4n) is 3.39. The average molecular weight is 500 g/mol. The number of carbonyl (C=O) groups is 2. The second kappa shape index (κ2) is 11.1. The molecule has 0 aliphatic rings. The van der Waals surface area contributed by atoms with Gasteiger partial charge in [-0.2, -0.15) is 0 Å². The van der Waals surface area contributed by atoms with Gasteiger partial charge in [0.15, 0.2) is 0 Å². The summed E-state index contributed by atoms with van der Waals surface area (Å²) in [6.45, 7) is 0.338. The minimum absolute atomic E-state index is 0.116. The lowest BCUT2D eigenvalue weighted by Gasteiger charge is -2.31. The van der Waals surface area contributed by atoms with Gasteiger partial charge >= 0.3 is 0 Å². The highest BCUT2D eigenvalue weighted by Gasteiger charge is 2.29. The number of nitrogens with one attached hydrogen (secondary N) is 1. The van der Waals surface area contributed by atoms with Crippen molar-refractivity contribution in [3.8, 4) is 0 Å². The molecule has 0 aliphatic carbocycles. The topological polar surface area (TPSA) is 49.4 Å². The molecule has 0 heterocycles. The van der Waals surface area contributed by atoms with Gasteiger partial charge in [0.1, 0.15) is 6.04 Å². The second-order valence-electron chi connectivity index (χ2n) is 7.27. The van der Waals surface area contributed by atoms with E-state index in [0.717, 1.165) is 21.2 Å². The minimum atomic E-state index is -0.629. The van der Waals surface area contributed by atoms with Crippen LogP contribution in [0.4, 0.5) is 0 Å². The van der Waals surface area contributed by atoms with Crippen molar-refractivity contribution in [1.29, 1.82) is 0 Å². The van der Waals surface area contributed by atoms with Crippen molar-refractivity contribution in [1.82, 2.24) is 10.2 Å². The lowest BCUT2D eigenvalue weighted by molar-refractivity contribution is -0.140. The van der Waals surface area contributed by atoms with E-state index >= 15 is 0 Å². The normalized spacial score (nSPS) is 11.6. The number of nitrogens with zero attached hydrogens (tertiary/aromatic N) is 1. The van der Waals surface area contributed by atoms with E-state index in [1.165, 1.54) is 0 Å². The predicted octanol–water partition coefficient (Wildman–Crippen LogP) is 5.03. The van der Waals surface area contributed by atoms with Crippen LogP contribution in [0.3, 0.4) is 0 Å². The standard InChI is InChI=1S/C25H24BrClN2O2/c1-28-25(31)23(15-18-5-3-2-4-6-18)29(17-20-7-11-21(26)12-8-20)24(30)16-19-9-13-22(27)14-10-19/h2-14,23H,15-17H2,1H3,(H,28,31)/t23-/m1/s1. The van der Waals surface area contributed by atoms with Crippen molar-refractivity contribution < 1.29 is 9.59 Å². The zero-order valence-electron chi connectivity index (χ0n) is 17.2. The largest absolute Gasteiger partial charge is 0.357 e. The van der Waals surface area contributed by atoms with E-state index in [0.29, 0.717) is 18.0 Å². The van der Waals surface area contributed by atoms with E-state index in [4.69, 9.17) is 11.6 Å². The molecule has 0 bridgehead atoms. The van der Waals surface area contributed by atoms with Crippen LogP contribution in [0.5, 0.6) is 0 Å². The smallest absolute Gasteiger partial charge is 0.242 e. The molecule has 0 fully saturated rings. The third-order valence-corrected chi connectivity index (χ3v) is 5.83. The fourth-order valence-corrected chi connectivity index (χ4v) is 3.78. The van der Waals surface area contributed by atoms with Crippen LogP contribution in [0, 0.1) is 0 Å². The number of halogens is 2. The molecule has 31 heavy (non-hydrogen) atoms. The monoisotopic (exact) mass is 498 g/mol. The van der Waals surface area contributed by atoms with E-state index in [9.17, 15) is 9.59 Å². The van der Waals surface area contributed by atoms with Crippen LogP contribution in [0.25, 0.3) is 0 Å². The Morgan fingerprint density at radius 2 is 1.52 bits per heavy atom. The van der Waals surface area contributed by atoms with Gasteiger partial charge in [0, 0.05) is 29.5 Å². The first-order valence-corrected chi connectivity index (χ1v) is 11.2. The Bertz CT molecular complexity index is 1010. The van der Waals surface area contributed by atoms with E-state index < -0.39 is 6.04 Å². The van der Waals surface area contributed by atoms with Gasteiger partial charge in [0.25, 0.3) is 0 Å². The van der Waals surface area contributed by atoms with E-state index in [-0.39, 0.29) is 18.2 Å². The molecule has 6 heteroatoms. The molecule has 1 N–H and O–H groups in total. The van der Waals surface area contributed by atoms with Crippen molar-refractivity contribution in [3.63, 3.8) is 0 Å². The van der Waals surface area contributed by atoms with Crippen molar-refractivity contribution in [2.45, 2.75) is 25.4 Å². The lowest BCUT2D eigenvalue weighted by atomic mass is 10.0. The van der Waals surface area contributed by atoms with Crippen LogP contribution in [0.1, 0.15) is 16.7 Å². The molecule has 160 valence electrons. The molecule has 2 amide bonds. The molecule has 1 atom stereocenters. The minimum Gasteiger partial charge on any atom is -0.357 e. The SMILES string of the molecule is CNC(=O)[C@@H](Cc1ccccc1)N(Cc1ccc(Br)cc1)C(=O)Cc1ccc(Cl)cc1. The Morgan fingerprint density at radius 3 is 2.13 bits per heavy atom. The van der Waals surface area contributed by atoms with Gasteiger partial charge in [0.05, 0.1) is 6.42 Å². The molecule has 0 aliphatic heterocycles. The van der Waals surface area contributed by atoms with Gasteiger partial charge in [-0.15, -0.1) is 0 Å². The van der Waals surface area contributed by atoms with E-state index in [1.54, 1.807) is 24.1 Å². The first kappa shape index (κ1) is 23.0. The maximum atomic E-state index is 13.4. The summed E-state index contributed by atoms with van der Waals surface area (Å²) in [5.74, 6) is -0.305. The van der Waals surface area contributed by atoms with Gasteiger partial charge in [-0.25, -0.2) is 0 Å². The van der Waals surface area contributed by atoms with Gasteiger partial charge < -0.3 is 10.2 Å². The molecular weight excluding hydrogens is 476 g/mol. The molecule has 0 spiro atoms. The Hall–Kier alpha value is -2.63. The Kier molecular flexibility index (Phi) is 8.27. The van der Waals surface area contributed by atoms with Gasteiger partial charge in [-0.1, -0.05) is 82.1 Å². The summed E-state index contributed by atoms with van der Waals surface area (Å²) in [5, 5.41) is 3.35. The lowest BCUT2D eigenvalue weighted by Crippen LogP contribution is -2.50. The summed E-state index contributed by atoms with van der Waals surface area (Å²) in [7, 11) is 1.60. The number of amides is 2. The quantitative estimate of drug-likeness (QED) is 0.472. The molecule has 0 radical (unpaired) electrons. The number of hydrogen-bond acceptors (Lipinski definition) is 2. The van der Waals surface area contributed by atoms with E-state index in [2.05, 4.69) is 21.2 Å². The fraction of sp³-hybridized carbons (Fsp3) is 0.200. The second-order valence-corrected chi connectivity index (χ2v) is 8.62. The molecule has 3 aromatic rings. The third-order valence-electron chi connectivity index (χ3n) is 5.05. The number of likely N-dealkylation sites (N-methyl/N-ethyl adjacent to an activating group) is 1. The molecule has 0 saturated carbocycles. The van der Waals surface area contributed by atoms with Crippen molar-refractivity contribution in [2.24, 2.45) is 0 Å². The van der Waals surface area contributed by atoms with Gasteiger partial charge in [-0.3, -0.25) is 9.59 Å². The van der Waals surface area contributed by atoms with Crippen molar-refractivity contribution in [2.75, 3.05) is 7.05 Å². The number of carbonyl (C=O) groups excluding carboxylic acids is 2. The summed E-state index contributed by atoms with van der Waals surface area (Å²) >= 11 is 9.42. The van der Waals surface area contributed by atoms with Crippen LogP contribution < -0.4 is 5.32 Å². The molecule has 0 saturated heterocycles. The Balaban J connectivity index is 1.92. The summed E-state index contributed by atoms with van der Waals surface area (Å²) < 4.78 is 0.961. The summed E-state index contributed by atoms with van der Waals surface area (Å²) in [4.78, 5) is 28.0. The first-order chi connectivity index (χ1) is 15.0. The highest BCUT2D eigenvalue weighted by molar-refractivity contribution is 9.10. The number of benzene rings is 3. The zero-order chi connectivity index (χ0) is 22.2. The van der Waals surface area contributed by atoms with Gasteiger partial charge in [0.2, 0.25) is 11.8 Å². The average Bonchev–Trinajstić information content (AvgIpc) is 2.79. The molecular formula is C25H24BrClN2O2. The summed E-state index contributed by atoms with van der Waals surface area (Å²) in [6, 6.07) is 24.1. The third kappa shape index (κ3) is 6.68. The van der Waals surface area contributed by atoms with Crippen LogP contribution in [0.2, 0.25) is 5.02 Å². The molecule has 0 unspecified atom stereocenters. The highest BCUT2D eigenvalue weighted by atomic mass is 79.9. The van der Waals surface area contributed by atoms with Crippen LogP contribution in [-0.2, 0) is 29.0 Å². The zero-order valence-corrected chi connectivity index (χ0v) is 19.6. The van der Waals surface area contributed by atoms with Crippen LogP contribution in [-0.4, -0.2) is 29.8 Å². The molecule has 4 nitrogen and oxygen atoms in total. The first-order valence-electron chi connectivity index (χ1n) is 10.00. The van der Waals surface area contributed by atoms with Crippen molar-refractivity contribution in [3.05, 3.63) is 105 Å². The van der Waals surface area contributed by atoms with E-state index in [1.807, 2.05) is 66.7 Å². The Labute approximate surface area is 196 Å². The van der Waals surface area contributed by atoms with Crippen LogP contribution >= 0.6 is 27.5 Å². The highest BCUT2D eigenvalue weighted by Crippen LogP contribution is 2.19. The Morgan fingerprint density at radius 1 is 0.903 bits per heavy atom. The maximum Gasteiger partial charge on any atom is 0.242 e. The number of hydrogen-bond donors (Lipinski definition) is 1. The maximum absolute atomic E-state index is 13.4. The predicted molar refractivity (Wildman–Crippen MR) is 128 cm³/mol.